The van der Waals surface area contributed by atoms with Crippen molar-refractivity contribution in [3.8, 4) is 10.4 Å². The zero-order chi connectivity index (χ0) is 12.7. The maximum atomic E-state index is 11.2. The molecule has 0 amide bonds. The van der Waals surface area contributed by atoms with E-state index in [2.05, 4.69) is 9.97 Å². The van der Waals surface area contributed by atoms with Gasteiger partial charge in [-0.1, -0.05) is 6.07 Å². The van der Waals surface area contributed by atoms with Crippen LogP contribution in [0.3, 0.4) is 0 Å². The van der Waals surface area contributed by atoms with Gasteiger partial charge in [0.1, 0.15) is 0 Å². The Morgan fingerprint density at radius 2 is 2.33 bits per heavy atom. The summed E-state index contributed by atoms with van der Waals surface area (Å²) in [4.78, 5) is 20.6. The lowest BCUT2D eigenvalue weighted by Gasteiger charge is -2.00. The normalized spacial score (nSPS) is 10.9. The van der Waals surface area contributed by atoms with E-state index in [1.165, 1.54) is 4.40 Å². The standard InChI is InChI=1S/C12H9N3O2S/c1-7-10(11(16)17)15-6-8(5-13-12(15)14-7)9-3-2-4-18-9/h2-6H,1H3,(H,16,17). The van der Waals surface area contributed by atoms with Crippen molar-refractivity contribution >= 4 is 23.1 Å². The number of carboxylic acids is 1. The average molecular weight is 259 g/mol. The predicted molar refractivity (Wildman–Crippen MR) is 68.0 cm³/mol. The van der Waals surface area contributed by atoms with Gasteiger partial charge in [0.15, 0.2) is 5.69 Å². The molecule has 0 aliphatic carbocycles. The molecule has 0 aliphatic heterocycles. The van der Waals surface area contributed by atoms with E-state index < -0.39 is 5.97 Å². The van der Waals surface area contributed by atoms with Crippen LogP contribution < -0.4 is 0 Å². The van der Waals surface area contributed by atoms with Crippen molar-refractivity contribution in [2.75, 3.05) is 0 Å². The van der Waals surface area contributed by atoms with Crippen LogP contribution in [0, 0.1) is 6.92 Å². The van der Waals surface area contributed by atoms with E-state index >= 15 is 0 Å². The lowest BCUT2D eigenvalue weighted by atomic mass is 10.3. The number of thiophene rings is 1. The molecule has 0 aliphatic rings. The quantitative estimate of drug-likeness (QED) is 0.767. The van der Waals surface area contributed by atoms with Gasteiger partial charge in [0.25, 0.3) is 0 Å². The molecule has 3 aromatic heterocycles. The number of aromatic nitrogens is 3. The molecule has 3 rings (SSSR count). The van der Waals surface area contributed by atoms with Crippen LogP contribution in [0.4, 0.5) is 0 Å². The van der Waals surface area contributed by atoms with E-state index in [9.17, 15) is 9.90 Å². The highest BCUT2D eigenvalue weighted by atomic mass is 32.1. The zero-order valence-corrected chi connectivity index (χ0v) is 10.3. The summed E-state index contributed by atoms with van der Waals surface area (Å²) in [5, 5.41) is 11.2. The van der Waals surface area contributed by atoms with Crippen molar-refractivity contribution in [1.82, 2.24) is 14.4 Å². The monoisotopic (exact) mass is 259 g/mol. The number of fused-ring (bicyclic) bond motifs is 1. The van der Waals surface area contributed by atoms with Crippen LogP contribution in [0.5, 0.6) is 0 Å². The van der Waals surface area contributed by atoms with E-state index in [1.807, 2.05) is 17.5 Å². The van der Waals surface area contributed by atoms with Gasteiger partial charge in [-0.2, -0.15) is 0 Å². The maximum absolute atomic E-state index is 11.2. The molecule has 0 bridgehead atoms. The first-order valence-corrected chi connectivity index (χ1v) is 6.16. The van der Waals surface area contributed by atoms with Crippen LogP contribution in [0.2, 0.25) is 0 Å². The molecular formula is C12H9N3O2S. The number of aromatic carboxylic acids is 1. The molecule has 0 aromatic carbocycles. The van der Waals surface area contributed by atoms with Gasteiger partial charge in [-0.15, -0.1) is 11.3 Å². The van der Waals surface area contributed by atoms with Crippen LogP contribution in [0.25, 0.3) is 16.2 Å². The van der Waals surface area contributed by atoms with E-state index in [-0.39, 0.29) is 5.69 Å². The van der Waals surface area contributed by atoms with Gasteiger partial charge in [0, 0.05) is 22.8 Å². The minimum absolute atomic E-state index is 0.163. The van der Waals surface area contributed by atoms with Crippen molar-refractivity contribution in [2.45, 2.75) is 6.92 Å². The van der Waals surface area contributed by atoms with E-state index in [0.717, 1.165) is 10.4 Å². The summed E-state index contributed by atoms with van der Waals surface area (Å²) in [6.45, 7) is 1.67. The Hall–Kier alpha value is -2.21. The van der Waals surface area contributed by atoms with Gasteiger partial charge in [-0.3, -0.25) is 4.40 Å². The molecule has 0 saturated carbocycles. The molecule has 0 radical (unpaired) electrons. The lowest BCUT2D eigenvalue weighted by Crippen LogP contribution is -2.04. The third-order valence-electron chi connectivity index (χ3n) is 2.66. The molecule has 90 valence electrons. The Morgan fingerprint density at radius 1 is 1.50 bits per heavy atom. The fourth-order valence-electron chi connectivity index (χ4n) is 1.87. The third kappa shape index (κ3) is 1.58. The first kappa shape index (κ1) is 10.9. The fraction of sp³-hybridized carbons (Fsp3) is 0.0833. The molecule has 1 N–H and O–H groups in total. The largest absolute Gasteiger partial charge is 0.477 e. The van der Waals surface area contributed by atoms with E-state index in [4.69, 9.17) is 0 Å². The summed E-state index contributed by atoms with van der Waals surface area (Å²) in [7, 11) is 0. The average Bonchev–Trinajstić information content (AvgIpc) is 2.92. The highest BCUT2D eigenvalue weighted by Crippen LogP contribution is 2.24. The Bertz CT molecular complexity index is 731. The summed E-state index contributed by atoms with van der Waals surface area (Å²) < 4.78 is 1.52. The van der Waals surface area contributed by atoms with Crippen molar-refractivity contribution in [1.29, 1.82) is 0 Å². The summed E-state index contributed by atoms with van der Waals surface area (Å²) in [6, 6.07) is 3.92. The molecule has 5 nitrogen and oxygen atoms in total. The number of hydrogen-bond acceptors (Lipinski definition) is 4. The van der Waals surface area contributed by atoms with Gasteiger partial charge in [-0.05, 0) is 18.4 Å². The smallest absolute Gasteiger partial charge is 0.354 e. The molecule has 0 atom stereocenters. The SMILES string of the molecule is Cc1nc2ncc(-c3cccs3)cn2c1C(=O)O. The Kier molecular flexibility index (Phi) is 2.38. The molecule has 0 saturated heterocycles. The summed E-state index contributed by atoms with van der Waals surface area (Å²) in [6.07, 6.45) is 3.47. The number of carbonyl (C=O) groups is 1. The van der Waals surface area contributed by atoms with Crippen molar-refractivity contribution in [3.05, 3.63) is 41.3 Å². The Morgan fingerprint density at radius 3 is 3.00 bits per heavy atom. The molecular weight excluding hydrogens is 250 g/mol. The third-order valence-corrected chi connectivity index (χ3v) is 3.58. The highest BCUT2D eigenvalue weighted by molar-refractivity contribution is 7.13. The second-order valence-electron chi connectivity index (χ2n) is 3.84. The second-order valence-corrected chi connectivity index (χ2v) is 4.79. The number of aryl methyl sites for hydroxylation is 1. The van der Waals surface area contributed by atoms with Crippen LogP contribution in [-0.2, 0) is 0 Å². The minimum Gasteiger partial charge on any atom is -0.477 e. The molecule has 3 aromatic rings. The summed E-state index contributed by atoms with van der Waals surface area (Å²) in [5.41, 5.74) is 1.52. The number of hydrogen-bond donors (Lipinski definition) is 1. The van der Waals surface area contributed by atoms with Crippen molar-refractivity contribution < 1.29 is 9.90 Å². The van der Waals surface area contributed by atoms with Gasteiger partial charge >= 0.3 is 5.97 Å². The highest BCUT2D eigenvalue weighted by Gasteiger charge is 2.16. The minimum atomic E-state index is -0.995. The van der Waals surface area contributed by atoms with Gasteiger partial charge in [0.05, 0.1) is 5.69 Å². The van der Waals surface area contributed by atoms with Crippen molar-refractivity contribution in [2.24, 2.45) is 0 Å². The Balaban J connectivity index is 2.28. The van der Waals surface area contributed by atoms with Gasteiger partial charge in [0.2, 0.25) is 5.78 Å². The first-order valence-electron chi connectivity index (χ1n) is 5.28. The van der Waals surface area contributed by atoms with E-state index in [1.54, 1.807) is 30.7 Å². The van der Waals surface area contributed by atoms with Crippen LogP contribution in [0.1, 0.15) is 16.2 Å². The first-order chi connectivity index (χ1) is 8.66. The number of carboxylic acid groups (broad SMARTS) is 1. The maximum Gasteiger partial charge on any atom is 0.354 e. The lowest BCUT2D eigenvalue weighted by molar-refractivity contribution is 0.0688. The number of imidazole rings is 1. The van der Waals surface area contributed by atoms with E-state index in [0.29, 0.717) is 11.5 Å². The van der Waals surface area contributed by atoms with Gasteiger partial charge < -0.3 is 5.11 Å². The fourth-order valence-corrected chi connectivity index (χ4v) is 2.57. The summed E-state index contributed by atoms with van der Waals surface area (Å²) >= 11 is 1.58. The van der Waals surface area contributed by atoms with Crippen LogP contribution in [-0.4, -0.2) is 25.4 Å². The molecule has 0 fully saturated rings. The van der Waals surface area contributed by atoms with Gasteiger partial charge in [-0.25, -0.2) is 14.8 Å². The zero-order valence-electron chi connectivity index (χ0n) is 9.49. The molecule has 0 spiro atoms. The van der Waals surface area contributed by atoms with Crippen LogP contribution in [0.15, 0.2) is 29.9 Å². The Labute approximate surface area is 106 Å². The van der Waals surface area contributed by atoms with Crippen LogP contribution >= 0.6 is 11.3 Å². The number of nitrogens with zero attached hydrogens (tertiary/aromatic N) is 3. The predicted octanol–water partition coefficient (Wildman–Crippen LogP) is 2.46. The molecule has 0 unspecified atom stereocenters. The molecule has 6 heteroatoms. The topological polar surface area (TPSA) is 67.5 Å². The molecule has 18 heavy (non-hydrogen) atoms. The second kappa shape index (κ2) is 3.92. The van der Waals surface area contributed by atoms with Crippen molar-refractivity contribution in [3.63, 3.8) is 0 Å². The number of rotatable bonds is 2. The summed E-state index contributed by atoms with van der Waals surface area (Å²) in [5.74, 6) is -0.588. The molecule has 3 heterocycles.